The standard InChI is InChI=1S/C14H18N4OS2/c1-2-12-16-11(10-21-12)9-13(19)17-4-6-18(7-5-17)14-15-3-8-20-14/h3,8,10H,2,4-7,9H2,1H3. The molecule has 1 amide bonds. The van der Waals surface area contributed by atoms with E-state index in [0.717, 1.165) is 48.4 Å². The molecule has 2 aromatic rings. The third kappa shape index (κ3) is 3.41. The first kappa shape index (κ1) is 14.5. The predicted octanol–water partition coefficient (Wildman–Crippen LogP) is 2.05. The van der Waals surface area contributed by atoms with Crippen molar-refractivity contribution in [1.82, 2.24) is 14.9 Å². The molecule has 1 saturated heterocycles. The minimum atomic E-state index is 0.182. The SMILES string of the molecule is CCc1nc(CC(=O)N2CCN(c3nccs3)CC2)cs1. The molecule has 0 spiro atoms. The lowest BCUT2D eigenvalue weighted by atomic mass is 10.2. The van der Waals surface area contributed by atoms with Crippen molar-refractivity contribution < 1.29 is 4.79 Å². The maximum atomic E-state index is 12.3. The highest BCUT2D eigenvalue weighted by atomic mass is 32.1. The van der Waals surface area contributed by atoms with Gasteiger partial charge in [-0.1, -0.05) is 6.92 Å². The summed E-state index contributed by atoms with van der Waals surface area (Å²) in [6, 6.07) is 0. The van der Waals surface area contributed by atoms with E-state index in [1.807, 2.05) is 21.9 Å². The van der Waals surface area contributed by atoms with Crippen LogP contribution in [0, 0.1) is 0 Å². The molecule has 1 aliphatic rings. The maximum absolute atomic E-state index is 12.3. The first-order chi connectivity index (χ1) is 10.3. The number of aromatic nitrogens is 2. The number of hydrogen-bond donors (Lipinski definition) is 0. The molecule has 3 rings (SSSR count). The van der Waals surface area contributed by atoms with Gasteiger partial charge in [-0.05, 0) is 6.42 Å². The molecule has 0 unspecified atom stereocenters. The van der Waals surface area contributed by atoms with Crippen LogP contribution in [0.25, 0.3) is 0 Å². The molecular formula is C14H18N4OS2. The van der Waals surface area contributed by atoms with Gasteiger partial charge in [0.2, 0.25) is 5.91 Å². The van der Waals surface area contributed by atoms with Gasteiger partial charge in [0, 0.05) is 43.1 Å². The molecule has 0 atom stereocenters. The van der Waals surface area contributed by atoms with Crippen LogP contribution in [0.4, 0.5) is 5.13 Å². The summed E-state index contributed by atoms with van der Waals surface area (Å²) in [6.07, 6.45) is 3.18. The molecular weight excluding hydrogens is 304 g/mol. The number of thiazole rings is 2. The largest absolute Gasteiger partial charge is 0.345 e. The highest BCUT2D eigenvalue weighted by Crippen LogP contribution is 2.19. The van der Waals surface area contributed by atoms with Gasteiger partial charge in [-0.15, -0.1) is 22.7 Å². The van der Waals surface area contributed by atoms with Crippen LogP contribution in [-0.2, 0) is 17.6 Å². The number of carbonyl (C=O) groups is 1. The Bertz CT molecular complexity index is 588. The van der Waals surface area contributed by atoms with E-state index in [2.05, 4.69) is 21.8 Å². The van der Waals surface area contributed by atoms with Crippen molar-refractivity contribution in [2.24, 2.45) is 0 Å². The molecule has 7 heteroatoms. The maximum Gasteiger partial charge on any atom is 0.228 e. The summed E-state index contributed by atoms with van der Waals surface area (Å²) >= 11 is 3.29. The molecule has 1 fully saturated rings. The van der Waals surface area contributed by atoms with Gasteiger partial charge in [0.1, 0.15) is 0 Å². The van der Waals surface area contributed by atoms with Crippen molar-refractivity contribution in [3.8, 4) is 0 Å². The van der Waals surface area contributed by atoms with E-state index < -0.39 is 0 Å². The van der Waals surface area contributed by atoms with Gasteiger partial charge in [-0.2, -0.15) is 0 Å². The van der Waals surface area contributed by atoms with Crippen LogP contribution in [0.2, 0.25) is 0 Å². The first-order valence-corrected chi connectivity index (χ1v) is 8.87. The van der Waals surface area contributed by atoms with Crippen molar-refractivity contribution in [1.29, 1.82) is 0 Å². The number of rotatable bonds is 4. The Labute approximate surface area is 132 Å². The molecule has 1 aliphatic heterocycles. The van der Waals surface area contributed by atoms with Crippen molar-refractivity contribution in [3.63, 3.8) is 0 Å². The van der Waals surface area contributed by atoms with E-state index in [4.69, 9.17) is 0 Å². The molecule has 0 bridgehead atoms. The van der Waals surface area contributed by atoms with Crippen molar-refractivity contribution in [2.75, 3.05) is 31.1 Å². The minimum Gasteiger partial charge on any atom is -0.345 e. The second kappa shape index (κ2) is 6.53. The summed E-state index contributed by atoms with van der Waals surface area (Å²) in [7, 11) is 0. The van der Waals surface area contributed by atoms with Gasteiger partial charge in [-0.25, -0.2) is 9.97 Å². The number of hydrogen-bond acceptors (Lipinski definition) is 6. The Hall–Kier alpha value is -1.47. The number of aryl methyl sites for hydroxylation is 1. The molecule has 2 aromatic heterocycles. The van der Waals surface area contributed by atoms with E-state index in [1.165, 1.54) is 0 Å². The lowest BCUT2D eigenvalue weighted by molar-refractivity contribution is -0.130. The van der Waals surface area contributed by atoms with Crippen LogP contribution in [-0.4, -0.2) is 47.0 Å². The Morgan fingerprint density at radius 3 is 2.71 bits per heavy atom. The monoisotopic (exact) mass is 322 g/mol. The Morgan fingerprint density at radius 1 is 1.29 bits per heavy atom. The van der Waals surface area contributed by atoms with Gasteiger partial charge >= 0.3 is 0 Å². The lowest BCUT2D eigenvalue weighted by Gasteiger charge is -2.34. The molecule has 0 saturated carbocycles. The van der Waals surface area contributed by atoms with Crippen molar-refractivity contribution >= 4 is 33.7 Å². The second-order valence-corrected chi connectivity index (χ2v) is 6.76. The van der Waals surface area contributed by atoms with Crippen molar-refractivity contribution in [3.05, 3.63) is 27.7 Å². The zero-order valence-corrected chi connectivity index (χ0v) is 13.6. The van der Waals surface area contributed by atoms with E-state index in [0.29, 0.717) is 6.42 Å². The lowest BCUT2D eigenvalue weighted by Crippen LogP contribution is -2.49. The summed E-state index contributed by atoms with van der Waals surface area (Å²) in [4.78, 5) is 25.3. The molecule has 0 aromatic carbocycles. The predicted molar refractivity (Wildman–Crippen MR) is 86.1 cm³/mol. The highest BCUT2D eigenvalue weighted by Gasteiger charge is 2.22. The second-order valence-electron chi connectivity index (χ2n) is 4.95. The molecule has 0 N–H and O–H groups in total. The van der Waals surface area contributed by atoms with Crippen LogP contribution in [0.3, 0.4) is 0 Å². The van der Waals surface area contributed by atoms with Gasteiger partial charge in [0.15, 0.2) is 5.13 Å². The highest BCUT2D eigenvalue weighted by molar-refractivity contribution is 7.13. The normalized spacial score (nSPS) is 15.5. The average molecular weight is 322 g/mol. The third-order valence-corrected chi connectivity index (χ3v) is 5.43. The third-order valence-electron chi connectivity index (χ3n) is 3.56. The van der Waals surface area contributed by atoms with Gasteiger partial charge in [-0.3, -0.25) is 4.79 Å². The zero-order valence-electron chi connectivity index (χ0n) is 12.0. The van der Waals surface area contributed by atoms with E-state index in [1.54, 1.807) is 22.7 Å². The minimum absolute atomic E-state index is 0.182. The number of piperazine rings is 1. The summed E-state index contributed by atoms with van der Waals surface area (Å²) in [5.41, 5.74) is 0.907. The topological polar surface area (TPSA) is 49.3 Å². The van der Waals surface area contributed by atoms with E-state index >= 15 is 0 Å². The molecule has 112 valence electrons. The molecule has 3 heterocycles. The number of anilines is 1. The van der Waals surface area contributed by atoms with Crippen LogP contribution in [0.5, 0.6) is 0 Å². The smallest absolute Gasteiger partial charge is 0.228 e. The summed E-state index contributed by atoms with van der Waals surface area (Å²) in [5.74, 6) is 0.182. The van der Waals surface area contributed by atoms with Crippen LogP contribution in [0.1, 0.15) is 17.6 Å². The molecule has 21 heavy (non-hydrogen) atoms. The fourth-order valence-corrected chi connectivity index (χ4v) is 3.82. The van der Waals surface area contributed by atoms with Gasteiger partial charge < -0.3 is 9.80 Å². The summed E-state index contributed by atoms with van der Waals surface area (Å²) < 4.78 is 0. The molecule has 5 nitrogen and oxygen atoms in total. The van der Waals surface area contributed by atoms with Crippen molar-refractivity contribution in [2.45, 2.75) is 19.8 Å². The van der Waals surface area contributed by atoms with E-state index in [-0.39, 0.29) is 5.91 Å². The summed E-state index contributed by atoms with van der Waals surface area (Å²) in [5, 5.41) is 6.14. The molecule has 0 radical (unpaired) electrons. The van der Waals surface area contributed by atoms with Gasteiger partial charge in [0.05, 0.1) is 17.1 Å². The van der Waals surface area contributed by atoms with Crippen LogP contribution >= 0.6 is 22.7 Å². The van der Waals surface area contributed by atoms with E-state index in [9.17, 15) is 4.79 Å². The Morgan fingerprint density at radius 2 is 2.10 bits per heavy atom. The average Bonchev–Trinajstić information content (AvgIpc) is 3.19. The van der Waals surface area contributed by atoms with Gasteiger partial charge in [0.25, 0.3) is 0 Å². The van der Waals surface area contributed by atoms with Crippen LogP contribution in [0.15, 0.2) is 17.0 Å². The first-order valence-electron chi connectivity index (χ1n) is 7.11. The molecule has 0 aliphatic carbocycles. The van der Waals surface area contributed by atoms with Crippen LogP contribution < -0.4 is 4.90 Å². The zero-order chi connectivity index (χ0) is 14.7. The Balaban J connectivity index is 1.53. The number of nitrogens with zero attached hydrogens (tertiary/aromatic N) is 4. The number of amides is 1. The number of carbonyl (C=O) groups excluding carboxylic acids is 1. The Kier molecular flexibility index (Phi) is 4.50. The summed E-state index contributed by atoms with van der Waals surface area (Å²) in [6.45, 7) is 5.34. The fourth-order valence-electron chi connectivity index (χ4n) is 2.38. The quantitative estimate of drug-likeness (QED) is 0.864. The fraction of sp³-hybridized carbons (Fsp3) is 0.500.